The van der Waals surface area contributed by atoms with E-state index < -0.39 is 11.9 Å². The van der Waals surface area contributed by atoms with E-state index in [1.54, 1.807) is 12.1 Å². The fraction of sp³-hybridized carbons (Fsp3) is 0.357. The molecule has 0 unspecified atom stereocenters. The lowest BCUT2D eigenvalue weighted by Gasteiger charge is -2.11. The first-order chi connectivity index (χ1) is 8.38. The van der Waals surface area contributed by atoms with Gasteiger partial charge in [0.15, 0.2) is 11.5 Å². The second-order valence-corrected chi connectivity index (χ2v) is 4.35. The summed E-state index contributed by atoms with van der Waals surface area (Å²) in [5, 5.41) is 0. The van der Waals surface area contributed by atoms with E-state index in [0.717, 1.165) is 12.0 Å². The molecule has 0 N–H and O–H groups in total. The highest BCUT2D eigenvalue weighted by atomic mass is 16.6. The molecule has 0 fully saturated rings. The molecule has 97 valence electrons. The molecule has 0 aliphatic heterocycles. The van der Waals surface area contributed by atoms with Crippen LogP contribution in [0.15, 0.2) is 18.2 Å². The number of carbonyl (C=O) groups is 2. The second-order valence-electron chi connectivity index (χ2n) is 4.35. The third-order valence-electron chi connectivity index (χ3n) is 2.07. The molecule has 0 atom stereocenters. The maximum absolute atomic E-state index is 11.0. The fourth-order valence-electron chi connectivity index (χ4n) is 1.54. The molecule has 1 rings (SSSR count). The van der Waals surface area contributed by atoms with Crippen LogP contribution in [0.25, 0.3) is 0 Å². The summed E-state index contributed by atoms with van der Waals surface area (Å²) in [6.45, 7) is 6.65. The molecule has 0 aromatic heterocycles. The summed E-state index contributed by atoms with van der Waals surface area (Å²) in [6, 6.07) is 5.20. The molecule has 0 aliphatic carbocycles. The first-order valence-corrected chi connectivity index (χ1v) is 5.67. The van der Waals surface area contributed by atoms with E-state index in [0.29, 0.717) is 0 Å². The van der Waals surface area contributed by atoms with Crippen molar-refractivity contribution >= 4 is 11.9 Å². The van der Waals surface area contributed by atoms with Crippen molar-refractivity contribution in [2.45, 2.75) is 34.1 Å². The van der Waals surface area contributed by atoms with E-state index in [4.69, 9.17) is 9.47 Å². The van der Waals surface area contributed by atoms with Crippen molar-refractivity contribution in [1.29, 1.82) is 0 Å². The summed E-state index contributed by atoms with van der Waals surface area (Å²) in [4.78, 5) is 22.0. The zero-order valence-electron chi connectivity index (χ0n) is 11.1. The Labute approximate surface area is 107 Å². The second kappa shape index (κ2) is 6.19. The van der Waals surface area contributed by atoms with Crippen molar-refractivity contribution < 1.29 is 19.1 Å². The average Bonchev–Trinajstić information content (AvgIpc) is 2.19. The van der Waals surface area contributed by atoms with E-state index in [2.05, 4.69) is 0 Å². The van der Waals surface area contributed by atoms with Crippen LogP contribution < -0.4 is 9.47 Å². The van der Waals surface area contributed by atoms with Gasteiger partial charge in [-0.15, -0.1) is 0 Å². The number of hydrogen-bond acceptors (Lipinski definition) is 4. The third kappa shape index (κ3) is 4.57. The average molecular weight is 249 g/mol. The molecule has 1 aromatic carbocycles. The molecule has 0 saturated carbocycles. The largest absolute Gasteiger partial charge is 0.423 e. The van der Waals surface area contributed by atoms with Crippen LogP contribution in [-0.2, 0) is 16.0 Å². The number of benzene rings is 1. The monoisotopic (exact) mass is 249 g/mol. The maximum atomic E-state index is 11.0. The van der Waals surface area contributed by atoms with Gasteiger partial charge in [0.05, 0.1) is 0 Å². The first-order valence-electron chi connectivity index (χ1n) is 5.67. The minimum Gasteiger partial charge on any atom is -0.423 e. The topological polar surface area (TPSA) is 52.6 Å². The van der Waals surface area contributed by atoms with Gasteiger partial charge in [-0.2, -0.15) is 0 Å². The molecule has 18 heavy (non-hydrogen) atoms. The highest BCUT2D eigenvalue weighted by Crippen LogP contribution is 2.29. The van der Waals surface area contributed by atoms with Crippen LogP contribution in [-0.4, -0.2) is 11.9 Å². The number of hydrogen-bond donors (Lipinski definition) is 0. The lowest BCUT2D eigenvalue weighted by atomic mass is 10.0. The summed E-state index contributed by atoms with van der Waals surface area (Å²) in [6.07, 6.45) is 0.786. The molecule has 0 spiro atoms. The number of esters is 2. The Morgan fingerprint density at radius 2 is 1.50 bits per heavy atom. The standard InChI is InChI=1S/C14H17O4/c1-9(2)7-12-5-6-13(17-10(3)15)14(8-12)18-11(4)16/h5-6,8H,7H2,1-4H3. The number of ether oxygens (including phenoxy) is 2. The molecule has 1 aromatic rings. The van der Waals surface area contributed by atoms with E-state index >= 15 is 0 Å². The van der Waals surface area contributed by atoms with Gasteiger partial charge in [0.25, 0.3) is 0 Å². The highest BCUT2D eigenvalue weighted by Gasteiger charge is 2.11. The Balaban J connectivity index is 3.03. The summed E-state index contributed by atoms with van der Waals surface area (Å²) in [7, 11) is 0. The molecule has 1 radical (unpaired) electrons. The zero-order chi connectivity index (χ0) is 13.7. The Hall–Kier alpha value is -1.84. The Morgan fingerprint density at radius 3 is 2.00 bits per heavy atom. The van der Waals surface area contributed by atoms with Gasteiger partial charge in [0.1, 0.15) is 0 Å². The fourth-order valence-corrected chi connectivity index (χ4v) is 1.54. The van der Waals surface area contributed by atoms with Crippen LogP contribution in [0, 0.1) is 5.92 Å². The van der Waals surface area contributed by atoms with Crippen LogP contribution >= 0.6 is 0 Å². The zero-order valence-corrected chi connectivity index (χ0v) is 11.1. The third-order valence-corrected chi connectivity index (χ3v) is 2.07. The molecular formula is C14H17O4. The van der Waals surface area contributed by atoms with Gasteiger partial charge in [0, 0.05) is 13.8 Å². The molecule has 0 bridgehead atoms. The van der Waals surface area contributed by atoms with Crippen LogP contribution in [0.3, 0.4) is 0 Å². The molecule has 4 heteroatoms. The molecule has 0 amide bonds. The van der Waals surface area contributed by atoms with Crippen LogP contribution in [0.1, 0.15) is 33.3 Å². The van der Waals surface area contributed by atoms with Crippen molar-refractivity contribution in [3.63, 3.8) is 0 Å². The minimum atomic E-state index is -0.450. The molecule has 0 aliphatic rings. The number of carbonyl (C=O) groups excluding carboxylic acids is 2. The molecule has 0 heterocycles. The Bertz CT molecular complexity index is 449. The van der Waals surface area contributed by atoms with Crippen molar-refractivity contribution in [2.24, 2.45) is 0 Å². The van der Waals surface area contributed by atoms with E-state index in [-0.39, 0.29) is 11.5 Å². The van der Waals surface area contributed by atoms with Crippen molar-refractivity contribution in [3.05, 3.63) is 29.7 Å². The van der Waals surface area contributed by atoms with Crippen LogP contribution in [0.4, 0.5) is 0 Å². The van der Waals surface area contributed by atoms with Crippen molar-refractivity contribution in [1.82, 2.24) is 0 Å². The Kier molecular flexibility index (Phi) is 4.89. The summed E-state index contributed by atoms with van der Waals surface area (Å²) < 4.78 is 10.0. The van der Waals surface area contributed by atoms with Crippen LogP contribution in [0.5, 0.6) is 11.5 Å². The lowest BCUT2D eigenvalue weighted by Crippen LogP contribution is -2.07. The SMILES string of the molecule is C[C](C)Cc1ccc(OC(C)=O)c(OC(C)=O)c1. The summed E-state index contributed by atoms with van der Waals surface area (Å²) in [5.74, 6) is 0.878. The molecular weight excluding hydrogens is 232 g/mol. The number of rotatable bonds is 4. The Morgan fingerprint density at radius 1 is 0.944 bits per heavy atom. The summed E-state index contributed by atoms with van der Waals surface area (Å²) >= 11 is 0. The predicted octanol–water partition coefficient (Wildman–Crippen LogP) is 2.69. The minimum absolute atomic E-state index is 0.259. The van der Waals surface area contributed by atoms with Gasteiger partial charge >= 0.3 is 11.9 Å². The lowest BCUT2D eigenvalue weighted by molar-refractivity contribution is -0.134. The van der Waals surface area contributed by atoms with Crippen molar-refractivity contribution in [2.75, 3.05) is 0 Å². The molecule has 4 nitrogen and oxygen atoms in total. The smallest absolute Gasteiger partial charge is 0.308 e. The van der Waals surface area contributed by atoms with E-state index in [1.807, 2.05) is 19.9 Å². The van der Waals surface area contributed by atoms with Gasteiger partial charge in [0.2, 0.25) is 0 Å². The van der Waals surface area contributed by atoms with Gasteiger partial charge in [-0.05, 0) is 30.0 Å². The van der Waals surface area contributed by atoms with Crippen LogP contribution in [0.2, 0.25) is 0 Å². The van der Waals surface area contributed by atoms with Gasteiger partial charge in [-0.1, -0.05) is 19.9 Å². The normalized spacial score (nSPS) is 10.3. The predicted molar refractivity (Wildman–Crippen MR) is 67.4 cm³/mol. The quantitative estimate of drug-likeness (QED) is 0.608. The highest BCUT2D eigenvalue weighted by molar-refractivity contribution is 5.73. The first kappa shape index (κ1) is 14.2. The summed E-state index contributed by atoms with van der Waals surface area (Å²) in [5.41, 5.74) is 1.00. The molecule has 0 saturated heterocycles. The van der Waals surface area contributed by atoms with Crippen molar-refractivity contribution in [3.8, 4) is 11.5 Å². The van der Waals surface area contributed by atoms with E-state index in [9.17, 15) is 9.59 Å². The van der Waals surface area contributed by atoms with Gasteiger partial charge in [-0.3, -0.25) is 9.59 Å². The maximum Gasteiger partial charge on any atom is 0.308 e. The van der Waals surface area contributed by atoms with Gasteiger partial charge in [-0.25, -0.2) is 0 Å². The van der Waals surface area contributed by atoms with Gasteiger partial charge < -0.3 is 9.47 Å². The van der Waals surface area contributed by atoms with E-state index in [1.165, 1.54) is 19.8 Å².